The molecule has 0 bridgehead atoms. The summed E-state index contributed by atoms with van der Waals surface area (Å²) in [5.41, 5.74) is 4.05. The minimum Gasteiger partial charge on any atom is -0.497 e. The van der Waals surface area contributed by atoms with Crippen LogP contribution in [-0.2, 0) is 0 Å². The molecule has 2 unspecified atom stereocenters. The molecule has 5 heteroatoms. The first kappa shape index (κ1) is 17.2. The first-order valence-corrected chi connectivity index (χ1v) is 9.18. The van der Waals surface area contributed by atoms with Gasteiger partial charge in [-0.2, -0.15) is 0 Å². The zero-order valence-electron chi connectivity index (χ0n) is 15.0. The summed E-state index contributed by atoms with van der Waals surface area (Å²) in [5, 5.41) is 0. The molecule has 2 aromatic carbocycles. The molecule has 1 fully saturated rings. The Labute approximate surface area is 160 Å². The number of fused-ring (bicyclic) bond motifs is 6. The van der Waals surface area contributed by atoms with Gasteiger partial charge in [0.2, 0.25) is 0 Å². The summed E-state index contributed by atoms with van der Waals surface area (Å²) in [5.74, 6) is 2.62. The van der Waals surface area contributed by atoms with Gasteiger partial charge in [0.25, 0.3) is 0 Å². The molecule has 2 atom stereocenters. The topological polar surface area (TPSA) is 28.1 Å². The summed E-state index contributed by atoms with van der Waals surface area (Å²) < 4.78 is 5.33. The largest absolute Gasteiger partial charge is 0.497 e. The van der Waals surface area contributed by atoms with E-state index in [0.717, 1.165) is 31.8 Å². The summed E-state index contributed by atoms with van der Waals surface area (Å²) in [6.45, 7) is 3.14. The zero-order valence-corrected chi connectivity index (χ0v) is 15.8. The van der Waals surface area contributed by atoms with Crippen molar-refractivity contribution in [1.82, 2.24) is 4.90 Å². The molecule has 3 aliphatic heterocycles. The highest BCUT2D eigenvalue weighted by molar-refractivity contribution is 6.06. The van der Waals surface area contributed by atoms with E-state index < -0.39 is 0 Å². The third kappa shape index (κ3) is 2.55. The molecule has 0 spiro atoms. The van der Waals surface area contributed by atoms with Crippen LogP contribution in [0.5, 0.6) is 5.75 Å². The Morgan fingerprint density at radius 2 is 1.81 bits per heavy atom. The highest BCUT2D eigenvalue weighted by Gasteiger charge is 2.45. The van der Waals surface area contributed by atoms with Gasteiger partial charge in [-0.05, 0) is 42.7 Å². The molecule has 3 aliphatic rings. The van der Waals surface area contributed by atoms with Crippen LogP contribution in [0.4, 0.5) is 5.69 Å². The van der Waals surface area contributed by atoms with E-state index in [9.17, 15) is 0 Å². The predicted molar refractivity (Wildman–Crippen MR) is 108 cm³/mol. The molecule has 0 N–H and O–H groups in total. The van der Waals surface area contributed by atoms with Gasteiger partial charge in [0.15, 0.2) is 0 Å². The third-order valence-electron chi connectivity index (χ3n) is 5.77. The molecular formula is C21H24ClN3O. The van der Waals surface area contributed by atoms with E-state index in [1.165, 1.54) is 29.1 Å². The highest BCUT2D eigenvalue weighted by atomic mass is 35.5. The van der Waals surface area contributed by atoms with E-state index in [4.69, 9.17) is 9.73 Å². The van der Waals surface area contributed by atoms with Crippen molar-refractivity contribution in [2.24, 2.45) is 4.99 Å². The Bertz CT molecular complexity index is 820. The van der Waals surface area contributed by atoms with Crippen molar-refractivity contribution >= 4 is 23.9 Å². The Hall–Kier alpha value is -2.20. The Morgan fingerprint density at radius 3 is 2.62 bits per heavy atom. The normalized spacial score (nSPS) is 23.3. The summed E-state index contributed by atoms with van der Waals surface area (Å²) in [7, 11) is 1.72. The molecule has 26 heavy (non-hydrogen) atoms. The minimum atomic E-state index is 0. The van der Waals surface area contributed by atoms with Gasteiger partial charge in [0.05, 0.1) is 7.11 Å². The monoisotopic (exact) mass is 369 g/mol. The van der Waals surface area contributed by atoms with Crippen LogP contribution < -0.4 is 9.64 Å². The summed E-state index contributed by atoms with van der Waals surface area (Å²) in [6.07, 6.45) is 2.70. The van der Waals surface area contributed by atoms with E-state index >= 15 is 0 Å². The molecule has 4 nitrogen and oxygen atoms in total. The molecule has 1 saturated heterocycles. The molecule has 136 valence electrons. The van der Waals surface area contributed by atoms with Crippen molar-refractivity contribution in [2.45, 2.75) is 24.9 Å². The van der Waals surface area contributed by atoms with Crippen LogP contribution in [0, 0.1) is 0 Å². The van der Waals surface area contributed by atoms with Gasteiger partial charge in [0.1, 0.15) is 17.8 Å². The molecule has 0 aliphatic carbocycles. The second-order valence-corrected chi connectivity index (χ2v) is 7.04. The standard InChI is InChI=1S/C21H23N3O.ClH/c1-25-16-9-7-15(8-10-16)17-11-14-23-19-6-3-2-5-18(19)20-22-12-4-13-24(20)21(17)23;/h2-3,5-10,17,21H,4,11-14H2,1H3;1H. The number of anilines is 1. The Balaban J connectivity index is 0.00000168. The highest BCUT2D eigenvalue weighted by Crippen LogP contribution is 2.44. The van der Waals surface area contributed by atoms with Crippen molar-refractivity contribution < 1.29 is 4.74 Å². The van der Waals surface area contributed by atoms with E-state index in [0.29, 0.717) is 12.1 Å². The van der Waals surface area contributed by atoms with Crippen molar-refractivity contribution in [3.8, 4) is 5.75 Å². The summed E-state index contributed by atoms with van der Waals surface area (Å²) >= 11 is 0. The van der Waals surface area contributed by atoms with Gasteiger partial charge in [0, 0.05) is 36.8 Å². The number of hydrogen-bond donors (Lipinski definition) is 0. The van der Waals surface area contributed by atoms with Gasteiger partial charge in [-0.1, -0.05) is 24.3 Å². The van der Waals surface area contributed by atoms with Crippen LogP contribution in [0.25, 0.3) is 0 Å². The van der Waals surface area contributed by atoms with Gasteiger partial charge < -0.3 is 14.5 Å². The predicted octanol–water partition coefficient (Wildman–Crippen LogP) is 3.90. The van der Waals surface area contributed by atoms with Crippen LogP contribution in [0.1, 0.15) is 29.9 Å². The van der Waals surface area contributed by atoms with Crippen LogP contribution in [0.15, 0.2) is 53.5 Å². The maximum absolute atomic E-state index is 5.33. The number of methoxy groups -OCH3 is 1. The maximum Gasteiger partial charge on any atom is 0.134 e. The SMILES string of the molecule is COc1ccc(C2CCN3c4ccccc4C4=NCCCN4C23)cc1.Cl. The first-order valence-electron chi connectivity index (χ1n) is 9.18. The second kappa shape index (κ2) is 6.84. The summed E-state index contributed by atoms with van der Waals surface area (Å²) in [6, 6.07) is 17.4. The van der Waals surface area contributed by atoms with E-state index in [1.54, 1.807) is 7.11 Å². The smallest absolute Gasteiger partial charge is 0.134 e. The number of nitrogens with zero attached hydrogens (tertiary/aromatic N) is 3. The second-order valence-electron chi connectivity index (χ2n) is 7.04. The average molecular weight is 370 g/mol. The molecule has 5 rings (SSSR count). The van der Waals surface area contributed by atoms with Gasteiger partial charge in [-0.3, -0.25) is 4.99 Å². The van der Waals surface area contributed by atoms with E-state index in [-0.39, 0.29) is 12.4 Å². The van der Waals surface area contributed by atoms with Gasteiger partial charge in [-0.15, -0.1) is 12.4 Å². The van der Waals surface area contributed by atoms with Crippen LogP contribution in [0.2, 0.25) is 0 Å². The van der Waals surface area contributed by atoms with Crippen LogP contribution >= 0.6 is 12.4 Å². The number of rotatable bonds is 2. The fraction of sp³-hybridized carbons (Fsp3) is 0.381. The lowest BCUT2D eigenvalue weighted by molar-refractivity contribution is 0.275. The lowest BCUT2D eigenvalue weighted by Gasteiger charge is -2.47. The minimum absolute atomic E-state index is 0. The van der Waals surface area contributed by atoms with E-state index in [1.807, 2.05) is 0 Å². The molecule has 2 aromatic rings. The molecule has 3 heterocycles. The number of aliphatic imine (C=N–C) groups is 1. The molecule has 0 aromatic heterocycles. The van der Waals surface area contributed by atoms with Crippen molar-refractivity contribution in [3.63, 3.8) is 0 Å². The maximum atomic E-state index is 5.33. The third-order valence-corrected chi connectivity index (χ3v) is 5.77. The Kier molecular flexibility index (Phi) is 4.53. The lowest BCUT2D eigenvalue weighted by atomic mass is 9.92. The molecule has 0 saturated carbocycles. The van der Waals surface area contributed by atoms with Gasteiger partial charge in [-0.25, -0.2) is 0 Å². The van der Waals surface area contributed by atoms with Crippen molar-refractivity contribution in [3.05, 3.63) is 59.7 Å². The van der Waals surface area contributed by atoms with E-state index in [2.05, 4.69) is 58.3 Å². The number of hydrogen-bond acceptors (Lipinski definition) is 4. The van der Waals surface area contributed by atoms with Crippen LogP contribution in [-0.4, -0.2) is 43.6 Å². The zero-order chi connectivity index (χ0) is 16.8. The molecule has 0 amide bonds. The van der Waals surface area contributed by atoms with Crippen LogP contribution in [0.3, 0.4) is 0 Å². The Morgan fingerprint density at radius 1 is 1.00 bits per heavy atom. The lowest BCUT2D eigenvalue weighted by Crippen LogP contribution is -2.56. The van der Waals surface area contributed by atoms with Crippen molar-refractivity contribution in [2.75, 3.05) is 31.6 Å². The fourth-order valence-corrected chi connectivity index (χ4v) is 4.65. The number of benzene rings is 2. The number of ether oxygens (including phenoxy) is 1. The number of para-hydroxylation sites is 1. The summed E-state index contributed by atoms with van der Waals surface area (Å²) in [4.78, 5) is 10.0. The first-order chi connectivity index (χ1) is 12.4. The average Bonchev–Trinajstić information content (AvgIpc) is 3.14. The molecule has 0 radical (unpaired) electrons. The molecular weight excluding hydrogens is 346 g/mol. The number of amidine groups is 1. The fourth-order valence-electron chi connectivity index (χ4n) is 4.65. The van der Waals surface area contributed by atoms with Crippen molar-refractivity contribution in [1.29, 1.82) is 0 Å². The quantitative estimate of drug-likeness (QED) is 0.803. The van der Waals surface area contributed by atoms with Gasteiger partial charge >= 0.3 is 0 Å². The number of halogens is 1.